The molecule has 0 radical (unpaired) electrons. The molecule has 0 aliphatic carbocycles. The maximum atomic E-state index is 13.4. The number of hydrogen-bond donors (Lipinski definition) is 2. The van der Waals surface area contributed by atoms with Crippen molar-refractivity contribution in [2.24, 2.45) is 17.1 Å². The van der Waals surface area contributed by atoms with E-state index >= 15 is 0 Å². The van der Waals surface area contributed by atoms with E-state index in [1.54, 1.807) is 13.0 Å². The summed E-state index contributed by atoms with van der Waals surface area (Å²) in [5.74, 6) is -0.715. The minimum Gasteiger partial charge on any atom is -0.330 e. The Hall–Kier alpha value is -0.940. The molecule has 0 bridgehead atoms. The number of hydrogen-bond acceptors (Lipinski definition) is 2. The average Bonchev–Trinajstić information content (AvgIpc) is 2.31. The van der Waals surface area contributed by atoms with Crippen LogP contribution in [0.2, 0.25) is 0 Å². The molecule has 1 atom stereocenters. The highest BCUT2D eigenvalue weighted by molar-refractivity contribution is 9.10. The van der Waals surface area contributed by atoms with Crippen LogP contribution in [0.1, 0.15) is 32.8 Å². The minimum absolute atomic E-state index is 0.0276. The number of rotatable bonds is 4. The molecule has 5 heteroatoms. The van der Waals surface area contributed by atoms with Crippen molar-refractivity contribution in [1.29, 1.82) is 0 Å². The van der Waals surface area contributed by atoms with Gasteiger partial charge in [-0.2, -0.15) is 0 Å². The van der Waals surface area contributed by atoms with Gasteiger partial charge in [-0.1, -0.05) is 20.8 Å². The van der Waals surface area contributed by atoms with E-state index in [1.165, 1.54) is 6.07 Å². The summed E-state index contributed by atoms with van der Waals surface area (Å²) in [5, 5.41) is 2.84. The molecule has 0 aromatic heterocycles. The van der Waals surface area contributed by atoms with Gasteiger partial charge in [0.1, 0.15) is 5.82 Å². The molecule has 0 aliphatic heterocycles. The molecule has 0 saturated heterocycles. The lowest BCUT2D eigenvalue weighted by Crippen LogP contribution is -2.32. The summed E-state index contributed by atoms with van der Waals surface area (Å²) in [4.78, 5) is 12.3. The number of aryl methyl sites for hydroxylation is 1. The van der Waals surface area contributed by atoms with E-state index < -0.39 is 0 Å². The summed E-state index contributed by atoms with van der Waals surface area (Å²) in [7, 11) is 0. The fourth-order valence-corrected chi connectivity index (χ4v) is 2.38. The van der Waals surface area contributed by atoms with Crippen LogP contribution in [0.3, 0.4) is 0 Å². The number of nitrogens with two attached hydrogens (primary N) is 1. The number of amides is 1. The highest BCUT2D eigenvalue weighted by Gasteiger charge is 2.24. The van der Waals surface area contributed by atoms with Gasteiger partial charge in [0.15, 0.2) is 0 Å². The standard InChI is InChI=1S/C15H22BrFN2O/c1-9-5-12(17)11(16)6-13(9)19-14(20)10(8-18)7-15(2,3)4/h5-6,10H,7-8,18H2,1-4H3,(H,19,20). The first-order valence-electron chi connectivity index (χ1n) is 6.60. The molecule has 3 nitrogen and oxygen atoms in total. The second kappa shape index (κ2) is 6.68. The molecule has 0 aliphatic rings. The first kappa shape index (κ1) is 17.1. The highest BCUT2D eigenvalue weighted by atomic mass is 79.9. The normalized spacial score (nSPS) is 13.2. The molecule has 0 fully saturated rings. The molecule has 1 aromatic carbocycles. The second-order valence-corrected chi connectivity index (χ2v) is 7.12. The molecule has 1 aromatic rings. The Labute approximate surface area is 128 Å². The van der Waals surface area contributed by atoms with E-state index in [1.807, 2.05) is 0 Å². The summed E-state index contributed by atoms with van der Waals surface area (Å²) in [6.45, 7) is 8.27. The van der Waals surface area contributed by atoms with Crippen molar-refractivity contribution in [2.45, 2.75) is 34.1 Å². The molecule has 0 saturated carbocycles. The van der Waals surface area contributed by atoms with Gasteiger partial charge in [0.25, 0.3) is 0 Å². The number of anilines is 1. The lowest BCUT2D eigenvalue weighted by molar-refractivity contribution is -0.120. The molecule has 1 rings (SSSR count). The topological polar surface area (TPSA) is 55.1 Å². The summed E-state index contributed by atoms with van der Waals surface area (Å²) in [6.07, 6.45) is 0.705. The van der Waals surface area contributed by atoms with Crippen molar-refractivity contribution in [3.8, 4) is 0 Å². The van der Waals surface area contributed by atoms with Crippen LogP contribution in [-0.4, -0.2) is 12.5 Å². The van der Waals surface area contributed by atoms with Gasteiger partial charge in [-0.15, -0.1) is 0 Å². The Bertz CT molecular complexity index is 497. The zero-order chi connectivity index (χ0) is 15.5. The van der Waals surface area contributed by atoms with E-state index in [4.69, 9.17) is 5.73 Å². The summed E-state index contributed by atoms with van der Waals surface area (Å²) >= 11 is 3.12. The lowest BCUT2D eigenvalue weighted by atomic mass is 9.84. The van der Waals surface area contributed by atoms with Crippen LogP contribution in [0.15, 0.2) is 16.6 Å². The highest BCUT2D eigenvalue weighted by Crippen LogP contribution is 2.27. The number of carbonyl (C=O) groups excluding carboxylic acids is 1. The Kier molecular flexibility index (Phi) is 5.71. The maximum Gasteiger partial charge on any atom is 0.228 e. The van der Waals surface area contributed by atoms with Crippen LogP contribution in [-0.2, 0) is 4.79 Å². The zero-order valence-electron chi connectivity index (χ0n) is 12.4. The molecule has 1 unspecified atom stereocenters. The predicted octanol–water partition coefficient (Wildman–Crippen LogP) is 3.85. The Morgan fingerprint density at radius 2 is 2.05 bits per heavy atom. The van der Waals surface area contributed by atoms with Gasteiger partial charge in [-0.3, -0.25) is 4.79 Å². The van der Waals surface area contributed by atoms with Gasteiger partial charge >= 0.3 is 0 Å². The minimum atomic E-state index is -0.342. The van der Waals surface area contributed by atoms with E-state index in [2.05, 4.69) is 42.0 Å². The molecule has 0 heterocycles. The monoisotopic (exact) mass is 344 g/mol. The second-order valence-electron chi connectivity index (χ2n) is 6.27. The Morgan fingerprint density at radius 3 is 2.55 bits per heavy atom. The quantitative estimate of drug-likeness (QED) is 0.871. The Morgan fingerprint density at radius 1 is 1.45 bits per heavy atom. The summed E-state index contributed by atoms with van der Waals surface area (Å²) < 4.78 is 13.7. The summed E-state index contributed by atoms with van der Waals surface area (Å²) in [6, 6.07) is 2.97. The van der Waals surface area contributed by atoms with Crippen LogP contribution >= 0.6 is 15.9 Å². The van der Waals surface area contributed by atoms with Crippen molar-refractivity contribution < 1.29 is 9.18 Å². The van der Waals surface area contributed by atoms with Crippen LogP contribution in [0.5, 0.6) is 0 Å². The number of nitrogens with one attached hydrogen (secondary N) is 1. The van der Waals surface area contributed by atoms with E-state index in [0.29, 0.717) is 28.7 Å². The third kappa shape index (κ3) is 4.87. The molecule has 1 amide bonds. The zero-order valence-corrected chi connectivity index (χ0v) is 14.0. The predicted molar refractivity (Wildman–Crippen MR) is 84.1 cm³/mol. The van der Waals surface area contributed by atoms with Crippen LogP contribution in [0, 0.1) is 24.1 Å². The van der Waals surface area contributed by atoms with E-state index in [-0.39, 0.29) is 23.1 Å². The fraction of sp³-hybridized carbons (Fsp3) is 0.533. The molecule has 0 spiro atoms. The summed E-state index contributed by atoms with van der Waals surface area (Å²) in [5.41, 5.74) is 7.02. The number of benzene rings is 1. The van der Waals surface area contributed by atoms with Gasteiger partial charge in [0.05, 0.1) is 10.4 Å². The van der Waals surface area contributed by atoms with E-state index in [0.717, 1.165) is 0 Å². The molecular weight excluding hydrogens is 323 g/mol. The third-order valence-electron chi connectivity index (χ3n) is 3.04. The lowest BCUT2D eigenvalue weighted by Gasteiger charge is -2.24. The van der Waals surface area contributed by atoms with Gasteiger partial charge < -0.3 is 11.1 Å². The maximum absolute atomic E-state index is 13.4. The SMILES string of the molecule is Cc1cc(F)c(Br)cc1NC(=O)C(CN)CC(C)(C)C. The van der Waals surface area contributed by atoms with Gasteiger partial charge in [0.2, 0.25) is 5.91 Å². The molecule has 3 N–H and O–H groups in total. The number of halogens is 2. The smallest absolute Gasteiger partial charge is 0.228 e. The van der Waals surface area contributed by atoms with Crippen molar-refractivity contribution in [1.82, 2.24) is 0 Å². The van der Waals surface area contributed by atoms with Crippen LogP contribution in [0.4, 0.5) is 10.1 Å². The van der Waals surface area contributed by atoms with Crippen molar-refractivity contribution >= 4 is 27.5 Å². The first-order chi connectivity index (χ1) is 9.14. The largest absolute Gasteiger partial charge is 0.330 e. The fourth-order valence-electron chi connectivity index (χ4n) is 2.04. The van der Waals surface area contributed by atoms with Crippen molar-refractivity contribution in [3.63, 3.8) is 0 Å². The molecular formula is C15H22BrFN2O. The number of carbonyl (C=O) groups is 1. The third-order valence-corrected chi connectivity index (χ3v) is 3.65. The van der Waals surface area contributed by atoms with Crippen molar-refractivity contribution in [3.05, 3.63) is 28.0 Å². The van der Waals surface area contributed by atoms with Gasteiger partial charge in [0, 0.05) is 12.2 Å². The van der Waals surface area contributed by atoms with Crippen molar-refractivity contribution in [2.75, 3.05) is 11.9 Å². The average molecular weight is 345 g/mol. The molecule has 112 valence electrons. The van der Waals surface area contributed by atoms with Crippen LogP contribution in [0.25, 0.3) is 0 Å². The first-order valence-corrected chi connectivity index (χ1v) is 7.40. The Balaban J connectivity index is 2.86. The molecule has 20 heavy (non-hydrogen) atoms. The van der Waals surface area contributed by atoms with Gasteiger partial charge in [-0.25, -0.2) is 4.39 Å². The van der Waals surface area contributed by atoms with Crippen LogP contribution < -0.4 is 11.1 Å². The van der Waals surface area contributed by atoms with Gasteiger partial charge in [-0.05, 0) is 52.4 Å². The van der Waals surface area contributed by atoms with E-state index in [9.17, 15) is 9.18 Å².